The second-order valence-corrected chi connectivity index (χ2v) is 9.57. The standard InChI is InChI=1S/C18H25ClN2O3S/c1-12-9-17(13(2)8-16(12)19)25(23,24)21-7-3-4-15(11-21)18(22)20-10-14-5-6-14/h8-9,14-15H,3-7,10-11H2,1-2H3,(H,20,22). The topological polar surface area (TPSA) is 66.5 Å². The third-order valence-electron chi connectivity index (χ3n) is 5.09. The number of carbonyl (C=O) groups excluding carboxylic acids is 1. The molecule has 1 aliphatic heterocycles. The molecule has 2 fully saturated rings. The first kappa shape index (κ1) is 18.7. The van der Waals surface area contributed by atoms with Crippen molar-refractivity contribution in [1.29, 1.82) is 0 Å². The van der Waals surface area contributed by atoms with Crippen molar-refractivity contribution < 1.29 is 13.2 Å². The van der Waals surface area contributed by atoms with E-state index in [2.05, 4.69) is 5.32 Å². The molecule has 5 nitrogen and oxygen atoms in total. The summed E-state index contributed by atoms with van der Waals surface area (Å²) in [5.74, 6) is 0.332. The lowest BCUT2D eigenvalue weighted by Gasteiger charge is -2.31. The highest BCUT2D eigenvalue weighted by Crippen LogP contribution is 2.30. The second kappa shape index (κ2) is 7.25. The van der Waals surface area contributed by atoms with Crippen LogP contribution < -0.4 is 5.32 Å². The summed E-state index contributed by atoms with van der Waals surface area (Å²) >= 11 is 6.09. The van der Waals surface area contributed by atoms with Crippen molar-refractivity contribution in [3.8, 4) is 0 Å². The first-order chi connectivity index (χ1) is 11.8. The van der Waals surface area contributed by atoms with Crippen LogP contribution in [0.3, 0.4) is 0 Å². The Labute approximate surface area is 154 Å². The summed E-state index contributed by atoms with van der Waals surface area (Å²) in [5, 5.41) is 3.54. The number of aryl methyl sites for hydroxylation is 2. The molecule has 0 radical (unpaired) electrons. The Morgan fingerprint density at radius 3 is 2.64 bits per heavy atom. The molecule has 1 atom stereocenters. The van der Waals surface area contributed by atoms with E-state index in [1.165, 1.54) is 17.1 Å². The molecule has 7 heteroatoms. The van der Waals surface area contributed by atoms with Crippen LogP contribution in [0.25, 0.3) is 0 Å². The van der Waals surface area contributed by atoms with E-state index in [-0.39, 0.29) is 23.3 Å². The Bertz CT molecular complexity index is 775. The van der Waals surface area contributed by atoms with Gasteiger partial charge in [0.2, 0.25) is 15.9 Å². The SMILES string of the molecule is Cc1cc(S(=O)(=O)N2CCCC(C(=O)NCC3CC3)C2)c(C)cc1Cl. The predicted molar refractivity (Wildman–Crippen MR) is 98.1 cm³/mol. The van der Waals surface area contributed by atoms with Crippen molar-refractivity contribution in [2.75, 3.05) is 19.6 Å². The lowest BCUT2D eigenvalue weighted by Crippen LogP contribution is -2.45. The molecule has 1 aromatic rings. The molecule has 1 saturated carbocycles. The third-order valence-corrected chi connectivity index (χ3v) is 7.51. The predicted octanol–water partition coefficient (Wildman–Crippen LogP) is 2.88. The van der Waals surface area contributed by atoms with Gasteiger partial charge in [0.15, 0.2) is 0 Å². The average Bonchev–Trinajstić information content (AvgIpc) is 3.40. The van der Waals surface area contributed by atoms with Crippen molar-refractivity contribution in [3.63, 3.8) is 0 Å². The van der Waals surface area contributed by atoms with Gasteiger partial charge < -0.3 is 5.32 Å². The van der Waals surface area contributed by atoms with E-state index in [4.69, 9.17) is 11.6 Å². The largest absolute Gasteiger partial charge is 0.356 e. The highest BCUT2D eigenvalue weighted by Gasteiger charge is 2.34. The Morgan fingerprint density at radius 2 is 1.96 bits per heavy atom. The maximum absolute atomic E-state index is 13.1. The van der Waals surface area contributed by atoms with E-state index in [9.17, 15) is 13.2 Å². The molecular formula is C18H25ClN2O3S. The van der Waals surface area contributed by atoms with Crippen molar-refractivity contribution in [3.05, 3.63) is 28.3 Å². The summed E-state index contributed by atoms with van der Waals surface area (Å²) in [6.07, 6.45) is 3.80. The number of benzene rings is 1. The maximum Gasteiger partial charge on any atom is 0.243 e. The molecule has 0 aromatic heterocycles. The summed E-state index contributed by atoms with van der Waals surface area (Å²) < 4.78 is 27.6. The van der Waals surface area contributed by atoms with E-state index in [0.29, 0.717) is 29.5 Å². The molecule has 1 heterocycles. The molecule has 3 rings (SSSR count). The summed E-state index contributed by atoms with van der Waals surface area (Å²) in [4.78, 5) is 12.6. The van der Waals surface area contributed by atoms with E-state index >= 15 is 0 Å². The number of hydrogen-bond donors (Lipinski definition) is 1. The average molecular weight is 385 g/mol. The monoisotopic (exact) mass is 384 g/mol. The Hall–Kier alpha value is -1.11. The number of piperidine rings is 1. The summed E-state index contributed by atoms with van der Waals surface area (Å²) in [6.45, 7) is 4.97. The molecule has 138 valence electrons. The van der Waals surface area contributed by atoms with Gasteiger partial charge in [-0.3, -0.25) is 4.79 Å². The lowest BCUT2D eigenvalue weighted by molar-refractivity contribution is -0.126. The zero-order chi connectivity index (χ0) is 18.2. The number of sulfonamides is 1. The van der Waals surface area contributed by atoms with Gasteiger partial charge in [-0.05, 0) is 68.7 Å². The Kier molecular flexibility index (Phi) is 5.42. The van der Waals surface area contributed by atoms with E-state index in [0.717, 1.165) is 18.5 Å². The van der Waals surface area contributed by atoms with Gasteiger partial charge in [0.05, 0.1) is 10.8 Å². The zero-order valence-corrected chi connectivity index (χ0v) is 16.3. The molecule has 1 aromatic carbocycles. The van der Waals surface area contributed by atoms with Gasteiger partial charge in [-0.25, -0.2) is 8.42 Å². The highest BCUT2D eigenvalue weighted by molar-refractivity contribution is 7.89. The first-order valence-electron chi connectivity index (χ1n) is 8.83. The summed E-state index contributed by atoms with van der Waals surface area (Å²) in [7, 11) is -3.62. The molecule has 2 aliphatic rings. The minimum atomic E-state index is -3.62. The van der Waals surface area contributed by atoms with Gasteiger partial charge in [-0.1, -0.05) is 11.6 Å². The fourth-order valence-electron chi connectivity index (χ4n) is 3.26. The second-order valence-electron chi connectivity index (χ2n) is 7.26. The van der Waals surface area contributed by atoms with Crippen molar-refractivity contribution >= 4 is 27.5 Å². The van der Waals surface area contributed by atoms with Crippen molar-refractivity contribution in [2.45, 2.75) is 44.4 Å². The number of carbonyl (C=O) groups is 1. The van der Waals surface area contributed by atoms with Gasteiger partial charge in [0.25, 0.3) is 0 Å². The lowest BCUT2D eigenvalue weighted by atomic mass is 9.99. The van der Waals surface area contributed by atoms with Crippen LogP contribution in [0, 0.1) is 25.7 Å². The molecule has 25 heavy (non-hydrogen) atoms. The van der Waals surface area contributed by atoms with Gasteiger partial charge in [-0.2, -0.15) is 4.31 Å². The fourth-order valence-corrected chi connectivity index (χ4v) is 5.29. The number of rotatable bonds is 5. The Balaban J connectivity index is 1.75. The molecule has 0 spiro atoms. The van der Waals surface area contributed by atoms with Crippen molar-refractivity contribution in [1.82, 2.24) is 9.62 Å². The maximum atomic E-state index is 13.1. The molecule has 1 N–H and O–H groups in total. The number of hydrogen-bond acceptors (Lipinski definition) is 3. The summed E-state index contributed by atoms with van der Waals surface area (Å²) in [6, 6.07) is 3.32. The fraction of sp³-hybridized carbons (Fsp3) is 0.611. The van der Waals surface area contributed by atoms with Crippen LogP contribution in [-0.4, -0.2) is 38.3 Å². The molecule has 1 amide bonds. The van der Waals surface area contributed by atoms with E-state index in [1.807, 2.05) is 0 Å². The molecule has 1 unspecified atom stereocenters. The molecule has 1 aliphatic carbocycles. The number of amides is 1. The van der Waals surface area contributed by atoms with Crippen LogP contribution in [0.2, 0.25) is 5.02 Å². The minimum absolute atomic E-state index is 0.0178. The summed E-state index contributed by atoms with van der Waals surface area (Å²) in [5.41, 5.74) is 1.37. The van der Waals surface area contributed by atoms with Crippen molar-refractivity contribution in [2.24, 2.45) is 11.8 Å². The quantitative estimate of drug-likeness (QED) is 0.848. The number of nitrogens with zero attached hydrogens (tertiary/aromatic N) is 1. The van der Waals surface area contributed by atoms with Gasteiger partial charge >= 0.3 is 0 Å². The van der Waals surface area contributed by atoms with Crippen LogP contribution in [-0.2, 0) is 14.8 Å². The van der Waals surface area contributed by atoms with Crippen LogP contribution in [0.1, 0.15) is 36.8 Å². The van der Waals surface area contributed by atoms with E-state index in [1.54, 1.807) is 26.0 Å². The Morgan fingerprint density at radius 1 is 1.24 bits per heavy atom. The first-order valence-corrected chi connectivity index (χ1v) is 10.7. The van der Waals surface area contributed by atoms with Gasteiger partial charge in [0, 0.05) is 24.7 Å². The van der Waals surface area contributed by atoms with Crippen LogP contribution in [0.15, 0.2) is 17.0 Å². The smallest absolute Gasteiger partial charge is 0.243 e. The van der Waals surface area contributed by atoms with Crippen LogP contribution in [0.5, 0.6) is 0 Å². The van der Waals surface area contributed by atoms with Crippen LogP contribution >= 0.6 is 11.6 Å². The van der Waals surface area contributed by atoms with Crippen LogP contribution in [0.4, 0.5) is 0 Å². The number of halogens is 1. The minimum Gasteiger partial charge on any atom is -0.356 e. The zero-order valence-electron chi connectivity index (χ0n) is 14.7. The molecule has 0 bridgehead atoms. The number of nitrogens with one attached hydrogen (secondary N) is 1. The third kappa shape index (κ3) is 4.18. The molecule has 1 saturated heterocycles. The van der Waals surface area contributed by atoms with Gasteiger partial charge in [-0.15, -0.1) is 0 Å². The normalized spacial score (nSPS) is 22.0. The highest BCUT2D eigenvalue weighted by atomic mass is 35.5. The van der Waals surface area contributed by atoms with Gasteiger partial charge in [0.1, 0.15) is 0 Å². The molecular weight excluding hydrogens is 360 g/mol. The van der Waals surface area contributed by atoms with E-state index < -0.39 is 10.0 Å².